The molecule has 0 radical (unpaired) electrons. The van der Waals surface area contributed by atoms with Crippen molar-refractivity contribution in [3.63, 3.8) is 0 Å². The Kier molecular flexibility index (Phi) is 6.03. The van der Waals surface area contributed by atoms with Crippen molar-refractivity contribution in [3.8, 4) is 6.07 Å². The lowest BCUT2D eigenvalue weighted by molar-refractivity contribution is -0.121. The van der Waals surface area contributed by atoms with Gasteiger partial charge in [-0.25, -0.2) is 0 Å². The lowest BCUT2D eigenvalue weighted by Crippen LogP contribution is -2.34. The van der Waals surface area contributed by atoms with Gasteiger partial charge in [-0.15, -0.1) is 0 Å². The summed E-state index contributed by atoms with van der Waals surface area (Å²) in [5.74, 6) is -0.368. The molecule has 2 aromatic rings. The van der Waals surface area contributed by atoms with Crippen molar-refractivity contribution in [3.05, 3.63) is 59.9 Å². The van der Waals surface area contributed by atoms with Crippen molar-refractivity contribution < 1.29 is 9.59 Å². The predicted octanol–water partition coefficient (Wildman–Crippen LogP) is 2.01. The number of pyridine rings is 1. The van der Waals surface area contributed by atoms with Gasteiger partial charge in [-0.3, -0.25) is 14.6 Å². The Morgan fingerprint density at radius 2 is 1.92 bits per heavy atom. The van der Waals surface area contributed by atoms with Gasteiger partial charge in [0.15, 0.2) is 0 Å². The Hall–Kier alpha value is -3.20. The second-order valence-corrected chi connectivity index (χ2v) is 5.18. The van der Waals surface area contributed by atoms with Gasteiger partial charge in [0.05, 0.1) is 11.3 Å². The highest BCUT2D eigenvalue weighted by Gasteiger charge is 2.16. The minimum absolute atomic E-state index is 0.157. The molecule has 0 atom stereocenters. The van der Waals surface area contributed by atoms with E-state index in [4.69, 9.17) is 5.26 Å². The second kappa shape index (κ2) is 8.44. The summed E-state index contributed by atoms with van der Waals surface area (Å²) in [6.45, 7) is 2.05. The minimum Gasteiger partial charge on any atom is -0.352 e. The van der Waals surface area contributed by atoms with Crippen LogP contribution in [0.1, 0.15) is 24.5 Å². The Morgan fingerprint density at radius 1 is 1.21 bits per heavy atom. The third kappa shape index (κ3) is 4.65. The highest BCUT2D eigenvalue weighted by Crippen LogP contribution is 2.20. The number of hydrogen-bond donors (Lipinski definition) is 1. The van der Waals surface area contributed by atoms with Crippen LogP contribution in [0.3, 0.4) is 0 Å². The molecule has 1 N–H and O–H groups in total. The highest BCUT2D eigenvalue weighted by atomic mass is 16.2. The van der Waals surface area contributed by atoms with E-state index >= 15 is 0 Å². The normalized spacial score (nSPS) is 9.83. The Morgan fingerprint density at radius 3 is 2.58 bits per heavy atom. The Labute approximate surface area is 140 Å². The quantitative estimate of drug-likeness (QED) is 0.881. The molecule has 1 aromatic heterocycles. The molecule has 0 aliphatic heterocycles. The summed E-state index contributed by atoms with van der Waals surface area (Å²) < 4.78 is 0. The summed E-state index contributed by atoms with van der Waals surface area (Å²) in [7, 11) is 0. The molecule has 0 bridgehead atoms. The van der Waals surface area contributed by atoms with Crippen molar-refractivity contribution in [2.24, 2.45) is 0 Å². The molecule has 1 aromatic carbocycles. The van der Waals surface area contributed by atoms with Crippen LogP contribution in [-0.4, -0.2) is 23.3 Å². The number of nitrogens with zero attached hydrogens (tertiary/aromatic N) is 3. The Balaban J connectivity index is 1.95. The molecule has 0 aliphatic carbocycles. The van der Waals surface area contributed by atoms with Crippen molar-refractivity contribution in [1.29, 1.82) is 5.26 Å². The maximum Gasteiger partial charge on any atom is 0.223 e. The molecule has 0 aliphatic rings. The van der Waals surface area contributed by atoms with Crippen molar-refractivity contribution in [2.45, 2.75) is 19.9 Å². The molecule has 6 heteroatoms. The van der Waals surface area contributed by atoms with Crippen molar-refractivity contribution in [1.82, 2.24) is 10.3 Å². The monoisotopic (exact) mass is 322 g/mol. The zero-order valence-corrected chi connectivity index (χ0v) is 13.4. The van der Waals surface area contributed by atoms with E-state index in [0.29, 0.717) is 17.8 Å². The first-order valence-electron chi connectivity index (χ1n) is 7.54. The molecule has 122 valence electrons. The van der Waals surface area contributed by atoms with E-state index in [1.165, 1.54) is 11.8 Å². The molecular formula is C18H18N4O2. The fourth-order valence-electron chi connectivity index (χ4n) is 2.25. The molecule has 2 amide bonds. The fraction of sp³-hybridized carbons (Fsp3) is 0.222. The second-order valence-electron chi connectivity index (χ2n) is 5.18. The molecule has 6 nitrogen and oxygen atoms in total. The average molecular weight is 322 g/mol. The molecule has 24 heavy (non-hydrogen) atoms. The third-order valence-corrected chi connectivity index (χ3v) is 3.50. The fourth-order valence-corrected chi connectivity index (χ4v) is 2.25. The summed E-state index contributed by atoms with van der Waals surface area (Å²) in [6.07, 6.45) is 3.49. The van der Waals surface area contributed by atoms with Crippen molar-refractivity contribution >= 4 is 17.5 Å². The lowest BCUT2D eigenvalue weighted by Gasteiger charge is -2.22. The van der Waals surface area contributed by atoms with E-state index in [9.17, 15) is 9.59 Å². The van der Waals surface area contributed by atoms with Gasteiger partial charge >= 0.3 is 0 Å². The number of anilines is 1. The van der Waals surface area contributed by atoms with Crippen LogP contribution in [0.5, 0.6) is 0 Å². The predicted molar refractivity (Wildman–Crippen MR) is 89.9 cm³/mol. The number of amides is 2. The van der Waals surface area contributed by atoms with E-state index in [1.54, 1.807) is 36.7 Å². The molecule has 0 saturated carbocycles. The smallest absolute Gasteiger partial charge is 0.223 e. The number of carbonyl (C=O) groups is 2. The maximum absolute atomic E-state index is 12.0. The summed E-state index contributed by atoms with van der Waals surface area (Å²) in [6, 6.07) is 12.6. The largest absolute Gasteiger partial charge is 0.352 e. The number of hydrogen-bond acceptors (Lipinski definition) is 4. The van der Waals surface area contributed by atoms with Crippen LogP contribution < -0.4 is 10.2 Å². The van der Waals surface area contributed by atoms with Gasteiger partial charge in [0.25, 0.3) is 0 Å². The standard InChI is InChI=1S/C18H18N4O2/c1-14(23)22(17-5-3-2-4-16(17)12-19)11-8-18(24)21-13-15-6-9-20-10-7-15/h2-7,9-10H,8,11,13H2,1H3,(H,21,24). The van der Waals surface area contributed by atoms with Crippen LogP contribution in [0.2, 0.25) is 0 Å². The number of rotatable bonds is 6. The summed E-state index contributed by atoms with van der Waals surface area (Å²) in [5.41, 5.74) is 1.89. The van der Waals surface area contributed by atoms with E-state index in [2.05, 4.69) is 16.4 Å². The summed E-state index contributed by atoms with van der Waals surface area (Å²) in [5, 5.41) is 12.0. The first-order valence-corrected chi connectivity index (χ1v) is 7.54. The summed E-state index contributed by atoms with van der Waals surface area (Å²) in [4.78, 5) is 29.2. The number of carbonyl (C=O) groups excluding carboxylic acids is 2. The minimum atomic E-state index is -0.209. The zero-order chi connectivity index (χ0) is 17.4. The number of benzene rings is 1. The number of aromatic nitrogens is 1. The first kappa shape index (κ1) is 17.2. The molecule has 0 spiro atoms. The van der Waals surface area contributed by atoms with Crippen molar-refractivity contribution in [2.75, 3.05) is 11.4 Å². The van der Waals surface area contributed by atoms with E-state index in [0.717, 1.165) is 5.56 Å². The van der Waals surface area contributed by atoms with Gasteiger partial charge < -0.3 is 10.2 Å². The van der Waals surface area contributed by atoms with Crippen LogP contribution in [0, 0.1) is 11.3 Å². The average Bonchev–Trinajstić information content (AvgIpc) is 2.61. The molecule has 0 saturated heterocycles. The maximum atomic E-state index is 12.0. The number of nitrogens with one attached hydrogen (secondary N) is 1. The first-order chi connectivity index (χ1) is 11.6. The summed E-state index contributed by atoms with van der Waals surface area (Å²) >= 11 is 0. The van der Waals surface area contributed by atoms with Gasteiger partial charge in [0.1, 0.15) is 6.07 Å². The van der Waals surface area contributed by atoms with Crippen LogP contribution >= 0.6 is 0 Å². The van der Waals surface area contributed by atoms with Crippen LogP contribution in [-0.2, 0) is 16.1 Å². The molecular weight excluding hydrogens is 304 g/mol. The van der Waals surface area contributed by atoms with E-state index in [1.807, 2.05) is 12.1 Å². The third-order valence-electron chi connectivity index (χ3n) is 3.50. The topological polar surface area (TPSA) is 86.1 Å². The lowest BCUT2D eigenvalue weighted by atomic mass is 10.1. The molecule has 0 unspecified atom stereocenters. The van der Waals surface area contributed by atoms with Gasteiger partial charge in [0.2, 0.25) is 11.8 Å². The van der Waals surface area contributed by atoms with Gasteiger partial charge in [-0.1, -0.05) is 12.1 Å². The van der Waals surface area contributed by atoms with Gasteiger partial charge in [0, 0.05) is 38.8 Å². The molecule has 0 fully saturated rings. The number of para-hydroxylation sites is 1. The van der Waals surface area contributed by atoms with Crippen LogP contribution in [0.15, 0.2) is 48.8 Å². The highest BCUT2D eigenvalue weighted by molar-refractivity contribution is 5.93. The number of nitriles is 1. The van der Waals surface area contributed by atoms with E-state index < -0.39 is 0 Å². The van der Waals surface area contributed by atoms with Gasteiger partial charge in [-0.05, 0) is 29.8 Å². The zero-order valence-electron chi connectivity index (χ0n) is 13.4. The SMILES string of the molecule is CC(=O)N(CCC(=O)NCc1ccncc1)c1ccccc1C#N. The molecule has 1 heterocycles. The van der Waals surface area contributed by atoms with E-state index in [-0.39, 0.29) is 24.8 Å². The van der Waals surface area contributed by atoms with Crippen LogP contribution in [0.4, 0.5) is 5.69 Å². The Bertz CT molecular complexity index is 753. The van der Waals surface area contributed by atoms with Crippen LogP contribution in [0.25, 0.3) is 0 Å². The molecule has 2 rings (SSSR count). The van der Waals surface area contributed by atoms with Gasteiger partial charge in [-0.2, -0.15) is 5.26 Å².